The maximum atomic E-state index is 16.1. The van der Waals surface area contributed by atoms with Crippen LogP contribution in [0.5, 0.6) is 17.2 Å². The Labute approximate surface area is 255 Å². The van der Waals surface area contributed by atoms with Gasteiger partial charge >= 0.3 is 0 Å². The van der Waals surface area contributed by atoms with E-state index in [0.717, 1.165) is 55.2 Å². The summed E-state index contributed by atoms with van der Waals surface area (Å²) >= 11 is 0. The van der Waals surface area contributed by atoms with Crippen LogP contribution in [0.3, 0.4) is 0 Å². The summed E-state index contributed by atoms with van der Waals surface area (Å²) in [6, 6.07) is 11.0. The third-order valence-electron chi connectivity index (χ3n) is 10.7. The standard InChI is InChI=1S/C35H48FNO6/c1-35-21-28(36)34-26-10-9-25(38)20-24(26)19-23(33(34)27(35)11-13-31(35)39)7-5-6-14-37(15-16-41-2)32(40)18-22-8-12-29(42-3)30(17-22)43-4/h8-10,12,17,20,23,27-28,31,33-34,38-39H,5-7,11,13-16,18-19,21H2,1-4H3/t23?,27?,28?,31?,33?,34?,35-/m0/s1. The molecule has 7 atom stereocenters. The van der Waals surface area contributed by atoms with Crippen molar-refractivity contribution < 1.29 is 33.6 Å². The molecule has 0 aliphatic heterocycles. The van der Waals surface area contributed by atoms with Gasteiger partial charge in [0.1, 0.15) is 11.9 Å². The van der Waals surface area contributed by atoms with Gasteiger partial charge in [-0.3, -0.25) is 4.79 Å². The van der Waals surface area contributed by atoms with Crippen molar-refractivity contribution in [2.24, 2.45) is 23.2 Å². The first kappa shape index (κ1) is 31.6. The summed E-state index contributed by atoms with van der Waals surface area (Å²) in [4.78, 5) is 15.2. The van der Waals surface area contributed by atoms with Crippen LogP contribution < -0.4 is 9.47 Å². The lowest BCUT2D eigenvalue weighted by atomic mass is 9.51. The molecule has 0 heterocycles. The van der Waals surface area contributed by atoms with E-state index in [9.17, 15) is 15.0 Å². The lowest BCUT2D eigenvalue weighted by Crippen LogP contribution is -2.51. The number of fused-ring (bicyclic) bond motifs is 5. The van der Waals surface area contributed by atoms with Crippen molar-refractivity contribution >= 4 is 5.91 Å². The number of amides is 1. The molecule has 6 unspecified atom stereocenters. The summed E-state index contributed by atoms with van der Waals surface area (Å²) < 4.78 is 32.1. The molecule has 8 heteroatoms. The van der Waals surface area contributed by atoms with Crippen molar-refractivity contribution in [3.8, 4) is 17.2 Å². The summed E-state index contributed by atoms with van der Waals surface area (Å²) in [6.45, 7) is 3.70. The van der Waals surface area contributed by atoms with E-state index in [2.05, 4.69) is 6.92 Å². The number of alkyl halides is 1. The number of halogens is 1. The lowest BCUT2D eigenvalue weighted by molar-refractivity contribution is -0.131. The van der Waals surface area contributed by atoms with Crippen LogP contribution in [0.25, 0.3) is 0 Å². The number of phenolic OH excluding ortho intramolecular Hbond substituents is 1. The van der Waals surface area contributed by atoms with Crippen LogP contribution in [0, 0.1) is 23.2 Å². The number of unbranched alkanes of at least 4 members (excludes halogenated alkanes) is 1. The second-order valence-electron chi connectivity index (χ2n) is 13.1. The molecule has 2 aromatic carbocycles. The van der Waals surface area contributed by atoms with Gasteiger partial charge in [-0.05, 0) is 103 Å². The Morgan fingerprint density at radius 3 is 2.58 bits per heavy atom. The number of aliphatic hydroxyl groups excluding tert-OH is 1. The number of aromatic hydroxyl groups is 1. The largest absolute Gasteiger partial charge is 0.508 e. The van der Waals surface area contributed by atoms with Crippen LogP contribution in [0.2, 0.25) is 0 Å². The Kier molecular flexibility index (Phi) is 9.86. The Morgan fingerprint density at radius 2 is 1.84 bits per heavy atom. The zero-order valence-electron chi connectivity index (χ0n) is 26.1. The van der Waals surface area contributed by atoms with Crippen molar-refractivity contribution in [3.05, 3.63) is 53.1 Å². The smallest absolute Gasteiger partial charge is 0.227 e. The minimum absolute atomic E-state index is 0.0367. The number of hydrogen-bond acceptors (Lipinski definition) is 6. The van der Waals surface area contributed by atoms with Gasteiger partial charge < -0.3 is 29.3 Å². The molecule has 5 rings (SSSR count). The second-order valence-corrected chi connectivity index (χ2v) is 13.1. The van der Waals surface area contributed by atoms with Gasteiger partial charge in [-0.1, -0.05) is 25.5 Å². The number of benzene rings is 2. The predicted molar refractivity (Wildman–Crippen MR) is 163 cm³/mol. The Bertz CT molecular complexity index is 1270. The van der Waals surface area contributed by atoms with E-state index >= 15 is 4.39 Å². The number of nitrogens with zero attached hydrogens (tertiary/aromatic N) is 1. The van der Waals surface area contributed by atoms with Gasteiger partial charge in [-0.15, -0.1) is 0 Å². The van der Waals surface area contributed by atoms with Crippen LogP contribution in [-0.2, 0) is 22.4 Å². The normalized spacial score (nSPS) is 29.3. The minimum atomic E-state index is -1.01. The first-order chi connectivity index (χ1) is 20.7. The molecule has 2 aromatic rings. The molecule has 2 saturated carbocycles. The van der Waals surface area contributed by atoms with E-state index < -0.39 is 12.3 Å². The van der Waals surface area contributed by atoms with Gasteiger partial charge in [0.15, 0.2) is 11.5 Å². The SMILES string of the molecule is COCCN(CCCCC1Cc2cc(O)ccc2C2C(F)C[C@]3(C)C(O)CCC3C12)C(=O)Cc1ccc(OC)c(OC)c1. The highest BCUT2D eigenvalue weighted by molar-refractivity contribution is 5.79. The van der Waals surface area contributed by atoms with Crippen molar-refractivity contribution in [1.29, 1.82) is 0 Å². The third-order valence-corrected chi connectivity index (χ3v) is 10.7. The van der Waals surface area contributed by atoms with E-state index in [0.29, 0.717) is 37.6 Å². The number of aliphatic hydroxyl groups is 1. The summed E-state index contributed by atoms with van der Waals surface area (Å²) in [7, 11) is 4.81. The van der Waals surface area contributed by atoms with E-state index in [1.807, 2.05) is 35.2 Å². The van der Waals surface area contributed by atoms with Gasteiger partial charge in [-0.2, -0.15) is 0 Å². The molecule has 3 aliphatic rings. The number of hydrogen-bond donors (Lipinski definition) is 2. The first-order valence-corrected chi connectivity index (χ1v) is 15.8. The topological polar surface area (TPSA) is 88.5 Å². The van der Waals surface area contributed by atoms with E-state index in [1.54, 1.807) is 27.4 Å². The highest BCUT2D eigenvalue weighted by Gasteiger charge is 2.59. The predicted octanol–water partition coefficient (Wildman–Crippen LogP) is 5.69. The minimum Gasteiger partial charge on any atom is -0.508 e. The summed E-state index contributed by atoms with van der Waals surface area (Å²) in [5.41, 5.74) is 2.57. The number of carbonyl (C=O) groups excluding carboxylic acids is 1. The highest BCUT2D eigenvalue weighted by atomic mass is 19.1. The third kappa shape index (κ3) is 6.37. The average Bonchev–Trinajstić information content (AvgIpc) is 3.29. The van der Waals surface area contributed by atoms with Crippen LogP contribution in [0.1, 0.15) is 68.1 Å². The zero-order valence-corrected chi connectivity index (χ0v) is 26.1. The lowest BCUT2D eigenvalue weighted by Gasteiger charge is -2.54. The van der Waals surface area contributed by atoms with E-state index in [-0.39, 0.29) is 47.2 Å². The van der Waals surface area contributed by atoms with Gasteiger partial charge in [0.2, 0.25) is 5.91 Å². The number of methoxy groups -OCH3 is 3. The Morgan fingerprint density at radius 1 is 1.05 bits per heavy atom. The summed E-state index contributed by atoms with van der Waals surface area (Å²) in [5, 5.41) is 21.1. The molecule has 0 spiro atoms. The first-order valence-electron chi connectivity index (χ1n) is 15.8. The molecule has 236 valence electrons. The van der Waals surface area contributed by atoms with Crippen molar-refractivity contribution in [3.63, 3.8) is 0 Å². The molecular weight excluding hydrogens is 549 g/mol. The van der Waals surface area contributed by atoms with Crippen molar-refractivity contribution in [1.82, 2.24) is 4.90 Å². The van der Waals surface area contributed by atoms with Crippen LogP contribution >= 0.6 is 0 Å². The molecule has 7 nitrogen and oxygen atoms in total. The monoisotopic (exact) mass is 597 g/mol. The maximum Gasteiger partial charge on any atom is 0.227 e. The molecule has 3 aliphatic carbocycles. The van der Waals surface area contributed by atoms with Gasteiger partial charge in [0.25, 0.3) is 0 Å². The number of ether oxygens (including phenoxy) is 3. The fraction of sp³-hybridized carbons (Fsp3) is 0.629. The molecule has 0 saturated heterocycles. The number of carbonyl (C=O) groups is 1. The summed E-state index contributed by atoms with van der Waals surface area (Å²) in [5.74, 6) is 2.01. The summed E-state index contributed by atoms with van der Waals surface area (Å²) in [6.07, 6.45) is 4.35. The van der Waals surface area contributed by atoms with Crippen molar-refractivity contribution in [2.45, 2.75) is 76.5 Å². The number of rotatable bonds is 12. The molecule has 0 bridgehead atoms. The van der Waals surface area contributed by atoms with Crippen LogP contribution in [0.15, 0.2) is 36.4 Å². The maximum absolute atomic E-state index is 16.1. The molecule has 0 radical (unpaired) electrons. The average molecular weight is 598 g/mol. The van der Waals surface area contributed by atoms with E-state index in [1.165, 1.54) is 0 Å². The van der Waals surface area contributed by atoms with Gasteiger partial charge in [0, 0.05) is 26.1 Å². The van der Waals surface area contributed by atoms with Crippen LogP contribution in [-0.4, -0.2) is 74.3 Å². The van der Waals surface area contributed by atoms with Gasteiger partial charge in [-0.25, -0.2) is 4.39 Å². The molecule has 2 fully saturated rings. The van der Waals surface area contributed by atoms with Crippen LogP contribution in [0.4, 0.5) is 4.39 Å². The molecule has 0 aromatic heterocycles. The fourth-order valence-corrected chi connectivity index (χ4v) is 8.58. The molecule has 1 amide bonds. The second kappa shape index (κ2) is 13.4. The molecule has 43 heavy (non-hydrogen) atoms. The van der Waals surface area contributed by atoms with Crippen molar-refractivity contribution in [2.75, 3.05) is 41.0 Å². The molecular formula is C35H48FNO6. The van der Waals surface area contributed by atoms with Gasteiger partial charge in [0.05, 0.1) is 33.4 Å². The molecule has 2 N–H and O–H groups in total. The van der Waals surface area contributed by atoms with E-state index in [4.69, 9.17) is 14.2 Å². The Hall–Kier alpha value is -2.84. The highest BCUT2D eigenvalue weighted by Crippen LogP contribution is 2.63. The Balaban J connectivity index is 1.27. The quantitative estimate of drug-likeness (QED) is 0.306. The zero-order chi connectivity index (χ0) is 30.7. The number of phenols is 1. The fourth-order valence-electron chi connectivity index (χ4n) is 8.58.